The van der Waals surface area contributed by atoms with Gasteiger partial charge in [-0.2, -0.15) is 0 Å². The third kappa shape index (κ3) is 4.66. The molecule has 0 bridgehead atoms. The summed E-state index contributed by atoms with van der Waals surface area (Å²) in [6, 6.07) is -0.0133. The van der Waals surface area contributed by atoms with Crippen LogP contribution in [-0.2, 0) is 9.47 Å². The van der Waals surface area contributed by atoms with Crippen molar-refractivity contribution in [1.29, 1.82) is 0 Å². The molecule has 0 amide bonds. The van der Waals surface area contributed by atoms with Crippen LogP contribution in [0.25, 0.3) is 0 Å². The van der Waals surface area contributed by atoms with Crippen LogP contribution in [0.4, 0.5) is 0 Å². The van der Waals surface area contributed by atoms with Crippen molar-refractivity contribution < 1.29 is 9.47 Å². The Labute approximate surface area is 123 Å². The Hall–Kier alpha value is -1.32. The van der Waals surface area contributed by atoms with Crippen LogP contribution in [0.2, 0.25) is 0 Å². The second-order valence-electron chi connectivity index (χ2n) is 5.47. The third-order valence-electron chi connectivity index (χ3n) is 3.52. The number of rotatable bonds is 7. The van der Waals surface area contributed by atoms with E-state index in [1.807, 2.05) is 6.08 Å². The van der Waals surface area contributed by atoms with E-state index in [1.54, 1.807) is 14.2 Å². The predicted molar refractivity (Wildman–Crippen MR) is 84.6 cm³/mol. The molecule has 1 aliphatic heterocycles. The Kier molecular flexibility index (Phi) is 7.34. The monoisotopic (exact) mass is 280 g/mol. The summed E-state index contributed by atoms with van der Waals surface area (Å²) in [4.78, 5) is 9.36. The number of allylic oxidation sites excluding steroid dienone is 1. The molecule has 0 fully saturated rings. The fourth-order valence-electron chi connectivity index (χ4n) is 2.35. The number of unbranched alkanes of at least 4 members (excludes halogenated alkanes) is 3. The summed E-state index contributed by atoms with van der Waals surface area (Å²) >= 11 is 0. The standard InChI is InChI=1S/C16H28N2O2/c1-6-7-8-9-10-11-13-15(19-4)18-14(12(2)3)16(17-13)20-5/h6,12-14H,1,7-11H2,2-5H3/t13?,14-/m1/s1. The van der Waals surface area contributed by atoms with E-state index in [0.29, 0.717) is 5.92 Å². The van der Waals surface area contributed by atoms with E-state index in [9.17, 15) is 0 Å². The lowest BCUT2D eigenvalue weighted by atomic mass is 10.0. The van der Waals surface area contributed by atoms with Crippen molar-refractivity contribution in [3.05, 3.63) is 12.7 Å². The van der Waals surface area contributed by atoms with Crippen LogP contribution in [0.3, 0.4) is 0 Å². The van der Waals surface area contributed by atoms with E-state index in [2.05, 4.69) is 25.4 Å². The average molecular weight is 280 g/mol. The molecule has 1 unspecified atom stereocenters. The molecule has 4 heteroatoms. The first-order valence-electron chi connectivity index (χ1n) is 7.48. The SMILES string of the molecule is C=CCCCCCC1N=C(OC)[C@@H](C(C)C)N=C1OC. The second kappa shape index (κ2) is 8.77. The topological polar surface area (TPSA) is 43.2 Å². The molecule has 2 atom stereocenters. The van der Waals surface area contributed by atoms with Gasteiger partial charge in [0.1, 0.15) is 12.1 Å². The van der Waals surface area contributed by atoms with Gasteiger partial charge in [0, 0.05) is 0 Å². The van der Waals surface area contributed by atoms with Gasteiger partial charge in [-0.25, -0.2) is 9.98 Å². The largest absolute Gasteiger partial charge is 0.483 e. The number of hydrogen-bond acceptors (Lipinski definition) is 4. The Morgan fingerprint density at radius 2 is 1.80 bits per heavy atom. The molecular formula is C16H28N2O2. The van der Waals surface area contributed by atoms with Gasteiger partial charge in [0.2, 0.25) is 11.8 Å². The van der Waals surface area contributed by atoms with Crippen LogP contribution in [0.1, 0.15) is 46.0 Å². The van der Waals surface area contributed by atoms with Gasteiger partial charge in [-0.15, -0.1) is 6.58 Å². The lowest BCUT2D eigenvalue weighted by Crippen LogP contribution is -2.37. The maximum absolute atomic E-state index is 5.43. The molecule has 0 spiro atoms. The van der Waals surface area contributed by atoms with E-state index in [-0.39, 0.29) is 12.1 Å². The molecule has 0 aromatic rings. The van der Waals surface area contributed by atoms with Gasteiger partial charge in [0.25, 0.3) is 0 Å². The number of ether oxygens (including phenoxy) is 2. The molecule has 1 rings (SSSR count). The first kappa shape index (κ1) is 16.7. The lowest BCUT2D eigenvalue weighted by molar-refractivity contribution is 0.329. The summed E-state index contributed by atoms with van der Waals surface area (Å²) in [5.74, 6) is 1.83. The first-order chi connectivity index (χ1) is 9.63. The van der Waals surface area contributed by atoms with E-state index in [4.69, 9.17) is 14.5 Å². The molecule has 0 N–H and O–H groups in total. The van der Waals surface area contributed by atoms with Gasteiger partial charge in [-0.1, -0.05) is 32.8 Å². The molecule has 114 valence electrons. The molecule has 0 aromatic heterocycles. The van der Waals surface area contributed by atoms with E-state index < -0.39 is 0 Å². The van der Waals surface area contributed by atoms with Crippen molar-refractivity contribution in [2.24, 2.45) is 15.9 Å². The molecule has 0 radical (unpaired) electrons. The zero-order valence-corrected chi connectivity index (χ0v) is 13.3. The number of methoxy groups -OCH3 is 2. The summed E-state index contributed by atoms with van der Waals surface area (Å²) in [6.45, 7) is 7.98. The molecular weight excluding hydrogens is 252 g/mol. The highest BCUT2D eigenvalue weighted by molar-refractivity contribution is 5.94. The van der Waals surface area contributed by atoms with Gasteiger partial charge < -0.3 is 9.47 Å². The van der Waals surface area contributed by atoms with Gasteiger partial charge in [-0.05, 0) is 25.2 Å². The second-order valence-corrected chi connectivity index (χ2v) is 5.47. The minimum atomic E-state index is -0.0213. The Balaban J connectivity index is 2.62. The minimum Gasteiger partial charge on any atom is -0.483 e. The Bertz CT molecular complexity index is 361. The fraction of sp³-hybridized carbons (Fsp3) is 0.750. The van der Waals surface area contributed by atoms with Crippen LogP contribution in [0, 0.1) is 5.92 Å². The van der Waals surface area contributed by atoms with Crippen molar-refractivity contribution in [3.63, 3.8) is 0 Å². The zero-order chi connectivity index (χ0) is 15.0. The fourth-order valence-corrected chi connectivity index (χ4v) is 2.35. The third-order valence-corrected chi connectivity index (χ3v) is 3.52. The Morgan fingerprint density at radius 3 is 2.35 bits per heavy atom. The Morgan fingerprint density at radius 1 is 1.10 bits per heavy atom. The summed E-state index contributed by atoms with van der Waals surface area (Å²) in [5.41, 5.74) is 0. The summed E-state index contributed by atoms with van der Waals surface area (Å²) in [5, 5.41) is 0. The maximum atomic E-state index is 5.43. The molecule has 4 nitrogen and oxygen atoms in total. The summed E-state index contributed by atoms with van der Waals surface area (Å²) < 4.78 is 10.8. The highest BCUT2D eigenvalue weighted by Crippen LogP contribution is 2.20. The average Bonchev–Trinajstić information content (AvgIpc) is 2.46. The number of aliphatic imine (C=N–C) groups is 2. The predicted octanol–water partition coefficient (Wildman–Crippen LogP) is 3.62. The molecule has 1 heterocycles. The van der Waals surface area contributed by atoms with Crippen LogP contribution in [0.5, 0.6) is 0 Å². The normalized spacial score (nSPS) is 22.2. The van der Waals surface area contributed by atoms with Crippen molar-refractivity contribution >= 4 is 11.8 Å². The zero-order valence-electron chi connectivity index (χ0n) is 13.3. The van der Waals surface area contributed by atoms with Crippen molar-refractivity contribution in [1.82, 2.24) is 0 Å². The highest BCUT2D eigenvalue weighted by Gasteiger charge is 2.30. The lowest BCUT2D eigenvalue weighted by Gasteiger charge is -2.27. The van der Waals surface area contributed by atoms with Gasteiger partial charge >= 0.3 is 0 Å². The summed E-state index contributed by atoms with van der Waals surface area (Å²) in [6.07, 6.45) is 7.50. The van der Waals surface area contributed by atoms with Crippen LogP contribution in [-0.4, -0.2) is 38.1 Å². The van der Waals surface area contributed by atoms with Crippen molar-refractivity contribution in [3.8, 4) is 0 Å². The minimum absolute atomic E-state index is 0.00804. The number of hydrogen-bond donors (Lipinski definition) is 0. The first-order valence-corrected chi connectivity index (χ1v) is 7.48. The number of nitrogens with zero attached hydrogens (tertiary/aromatic N) is 2. The van der Waals surface area contributed by atoms with Gasteiger partial charge in [0.15, 0.2) is 0 Å². The van der Waals surface area contributed by atoms with Crippen molar-refractivity contribution in [2.45, 2.75) is 58.0 Å². The molecule has 1 aliphatic rings. The molecule has 0 saturated heterocycles. The molecule has 0 saturated carbocycles. The van der Waals surface area contributed by atoms with Crippen molar-refractivity contribution in [2.75, 3.05) is 14.2 Å². The smallest absolute Gasteiger partial charge is 0.209 e. The van der Waals surface area contributed by atoms with E-state index >= 15 is 0 Å². The van der Waals surface area contributed by atoms with E-state index in [1.165, 1.54) is 12.8 Å². The van der Waals surface area contributed by atoms with Crippen LogP contribution >= 0.6 is 0 Å². The van der Waals surface area contributed by atoms with Crippen LogP contribution in [0.15, 0.2) is 22.6 Å². The molecule has 0 aliphatic carbocycles. The van der Waals surface area contributed by atoms with E-state index in [0.717, 1.165) is 31.1 Å². The summed E-state index contributed by atoms with van der Waals surface area (Å²) in [7, 11) is 3.34. The van der Waals surface area contributed by atoms with Crippen LogP contribution < -0.4 is 0 Å². The maximum Gasteiger partial charge on any atom is 0.209 e. The highest BCUT2D eigenvalue weighted by atomic mass is 16.5. The van der Waals surface area contributed by atoms with Gasteiger partial charge in [0.05, 0.1) is 14.2 Å². The molecule has 20 heavy (non-hydrogen) atoms. The quantitative estimate of drug-likeness (QED) is 0.528. The molecule has 0 aromatic carbocycles. The van der Waals surface area contributed by atoms with Gasteiger partial charge in [-0.3, -0.25) is 0 Å².